The molecule has 0 bridgehead atoms. The van der Waals surface area contributed by atoms with Crippen LogP contribution in [-0.4, -0.2) is 29.9 Å². The summed E-state index contributed by atoms with van der Waals surface area (Å²) in [4.78, 5) is 23.6. The smallest absolute Gasteiger partial charge is 0.302 e. The van der Waals surface area contributed by atoms with Crippen LogP contribution in [0.5, 0.6) is 0 Å². The summed E-state index contributed by atoms with van der Waals surface area (Å²) in [7, 11) is 0. The lowest BCUT2D eigenvalue weighted by Crippen LogP contribution is -2.51. The summed E-state index contributed by atoms with van der Waals surface area (Å²) < 4.78 is 6.99. The normalized spacial score (nSPS) is 42.2. The molecule has 0 radical (unpaired) electrons. The Morgan fingerprint density at radius 1 is 1.21 bits per heavy atom. The molecule has 3 nitrogen and oxygen atoms in total. The van der Waals surface area contributed by atoms with E-state index in [4.69, 9.17) is 4.74 Å². The number of ether oxygens (including phenoxy) is 1. The van der Waals surface area contributed by atoms with Crippen LogP contribution in [0.15, 0.2) is 22.0 Å². The predicted octanol–water partition coefficient (Wildman–Crippen LogP) is 6.00. The van der Waals surface area contributed by atoms with Crippen molar-refractivity contribution in [3.63, 3.8) is 0 Å². The fraction of sp³-hybridized carbons (Fsp3) is 0.750. The standard InChI is InChI=1S/C24H34O3S2/c1-16(26)27-18-7-10-24(3)17(13-18)5-6-19-20(24)8-9-23(2,15-25)21(19)14-22-28-11-4-12-29-22/h5,14-15,18-21H,4,6-13H2,1-3H3. The Morgan fingerprint density at radius 3 is 2.66 bits per heavy atom. The van der Waals surface area contributed by atoms with Crippen LogP contribution < -0.4 is 0 Å². The number of rotatable bonds is 3. The van der Waals surface area contributed by atoms with Gasteiger partial charge in [0, 0.05) is 23.0 Å². The van der Waals surface area contributed by atoms with Crippen LogP contribution in [0.2, 0.25) is 0 Å². The van der Waals surface area contributed by atoms with Crippen molar-refractivity contribution in [3.05, 3.63) is 22.0 Å². The summed E-state index contributed by atoms with van der Waals surface area (Å²) in [6, 6.07) is 0. The summed E-state index contributed by atoms with van der Waals surface area (Å²) in [6.07, 6.45) is 13.6. The molecule has 0 spiro atoms. The SMILES string of the molecule is CC(=O)OC1CCC2(C)C(=CCC3C(C=C4SCCCS4)C(C)(C=O)CCC32)C1. The Hall–Kier alpha value is -0.680. The molecular formula is C24H34O3S2. The zero-order chi connectivity index (χ0) is 20.6. The van der Waals surface area contributed by atoms with Crippen molar-refractivity contribution < 1.29 is 14.3 Å². The Balaban J connectivity index is 1.62. The fourth-order valence-corrected chi connectivity index (χ4v) is 8.87. The van der Waals surface area contributed by atoms with Crippen LogP contribution in [0.25, 0.3) is 0 Å². The van der Waals surface area contributed by atoms with Crippen LogP contribution in [0, 0.1) is 28.6 Å². The Morgan fingerprint density at radius 2 is 1.97 bits per heavy atom. The van der Waals surface area contributed by atoms with E-state index < -0.39 is 0 Å². The van der Waals surface area contributed by atoms with Crippen molar-refractivity contribution in [1.29, 1.82) is 0 Å². The largest absolute Gasteiger partial charge is 0.462 e. The molecule has 4 aliphatic rings. The Bertz CT molecular complexity index is 722. The first kappa shape index (κ1) is 21.5. The maximum Gasteiger partial charge on any atom is 0.302 e. The highest BCUT2D eigenvalue weighted by Gasteiger charge is 2.54. The minimum Gasteiger partial charge on any atom is -0.462 e. The van der Waals surface area contributed by atoms with Gasteiger partial charge in [0.25, 0.3) is 0 Å². The van der Waals surface area contributed by atoms with Crippen LogP contribution >= 0.6 is 23.5 Å². The Labute approximate surface area is 183 Å². The van der Waals surface area contributed by atoms with Gasteiger partial charge in [0.1, 0.15) is 12.4 Å². The minimum absolute atomic E-state index is 0.0418. The van der Waals surface area contributed by atoms with Crippen molar-refractivity contribution in [2.24, 2.45) is 28.6 Å². The van der Waals surface area contributed by atoms with Gasteiger partial charge in [0.15, 0.2) is 0 Å². The average Bonchev–Trinajstić information content (AvgIpc) is 2.70. The van der Waals surface area contributed by atoms with Gasteiger partial charge in [0.2, 0.25) is 0 Å². The van der Waals surface area contributed by atoms with E-state index >= 15 is 0 Å². The van der Waals surface area contributed by atoms with Crippen LogP contribution in [0.3, 0.4) is 0 Å². The number of hydrogen-bond donors (Lipinski definition) is 0. The number of fused-ring (bicyclic) bond motifs is 3. The molecular weight excluding hydrogens is 400 g/mol. The molecule has 6 atom stereocenters. The molecule has 4 rings (SSSR count). The van der Waals surface area contributed by atoms with E-state index in [1.807, 2.05) is 23.5 Å². The van der Waals surface area contributed by atoms with E-state index in [9.17, 15) is 9.59 Å². The summed E-state index contributed by atoms with van der Waals surface area (Å²) in [5.74, 6) is 3.73. The number of esters is 1. The van der Waals surface area contributed by atoms with Crippen molar-refractivity contribution in [1.82, 2.24) is 0 Å². The van der Waals surface area contributed by atoms with Gasteiger partial charge in [-0.25, -0.2) is 0 Å². The summed E-state index contributed by atoms with van der Waals surface area (Å²) in [6.45, 7) is 6.15. The van der Waals surface area contributed by atoms with Gasteiger partial charge < -0.3 is 9.53 Å². The van der Waals surface area contributed by atoms with Crippen molar-refractivity contribution in [3.8, 4) is 0 Å². The van der Waals surface area contributed by atoms with Crippen molar-refractivity contribution in [2.45, 2.75) is 71.8 Å². The van der Waals surface area contributed by atoms with E-state index in [1.54, 1.807) is 0 Å². The molecule has 0 N–H and O–H groups in total. The first-order chi connectivity index (χ1) is 13.9. The molecule has 160 valence electrons. The highest BCUT2D eigenvalue weighted by molar-refractivity contribution is 8.22. The Kier molecular flexibility index (Phi) is 6.28. The summed E-state index contributed by atoms with van der Waals surface area (Å²) in [5.41, 5.74) is 1.44. The fourth-order valence-electron chi connectivity index (χ4n) is 6.38. The number of thioether (sulfide) groups is 2. The molecule has 1 heterocycles. The lowest BCUT2D eigenvalue weighted by molar-refractivity contribution is -0.148. The summed E-state index contributed by atoms with van der Waals surface area (Å²) in [5, 5.41) is 0. The number of hydrogen-bond acceptors (Lipinski definition) is 5. The second kappa shape index (κ2) is 8.45. The van der Waals surface area contributed by atoms with Crippen molar-refractivity contribution >= 4 is 35.8 Å². The van der Waals surface area contributed by atoms with E-state index in [-0.39, 0.29) is 22.9 Å². The lowest BCUT2D eigenvalue weighted by Gasteiger charge is -2.57. The van der Waals surface area contributed by atoms with Gasteiger partial charge >= 0.3 is 5.97 Å². The molecule has 0 aromatic rings. The zero-order valence-corrected chi connectivity index (χ0v) is 19.6. The molecule has 0 amide bonds. The molecule has 3 aliphatic carbocycles. The molecule has 1 aliphatic heterocycles. The van der Waals surface area contributed by atoms with Gasteiger partial charge in [-0.15, -0.1) is 23.5 Å². The molecule has 0 aromatic carbocycles. The van der Waals surface area contributed by atoms with Gasteiger partial charge in [0.05, 0.1) is 0 Å². The minimum atomic E-state index is -0.247. The zero-order valence-electron chi connectivity index (χ0n) is 17.9. The maximum absolute atomic E-state index is 12.2. The molecule has 0 aromatic heterocycles. The topological polar surface area (TPSA) is 43.4 Å². The molecule has 5 heteroatoms. The van der Waals surface area contributed by atoms with Crippen LogP contribution in [0.1, 0.15) is 65.7 Å². The van der Waals surface area contributed by atoms with E-state index in [2.05, 4.69) is 26.0 Å². The number of carbonyl (C=O) groups excluding carboxylic acids is 2. The number of carbonyl (C=O) groups is 2. The molecule has 6 unspecified atom stereocenters. The van der Waals surface area contributed by atoms with Gasteiger partial charge in [-0.05, 0) is 73.2 Å². The summed E-state index contributed by atoms with van der Waals surface area (Å²) >= 11 is 3.96. The lowest BCUT2D eigenvalue weighted by atomic mass is 9.48. The third-order valence-electron chi connectivity index (χ3n) is 8.05. The van der Waals surface area contributed by atoms with E-state index in [0.717, 1.165) is 38.5 Å². The van der Waals surface area contributed by atoms with Crippen LogP contribution in [0.4, 0.5) is 0 Å². The average molecular weight is 435 g/mol. The van der Waals surface area contributed by atoms with E-state index in [0.29, 0.717) is 17.8 Å². The maximum atomic E-state index is 12.2. The van der Waals surface area contributed by atoms with Gasteiger partial charge in [-0.2, -0.15) is 0 Å². The first-order valence-electron chi connectivity index (χ1n) is 11.2. The third-order valence-corrected chi connectivity index (χ3v) is 10.6. The molecule has 1 saturated heterocycles. The second-order valence-corrected chi connectivity index (χ2v) is 12.4. The van der Waals surface area contributed by atoms with Crippen molar-refractivity contribution in [2.75, 3.05) is 11.5 Å². The van der Waals surface area contributed by atoms with Gasteiger partial charge in [-0.3, -0.25) is 4.79 Å². The van der Waals surface area contributed by atoms with Crippen LogP contribution in [-0.2, 0) is 14.3 Å². The first-order valence-corrected chi connectivity index (χ1v) is 13.1. The molecule has 3 fully saturated rings. The highest BCUT2D eigenvalue weighted by atomic mass is 32.2. The third kappa shape index (κ3) is 4.11. The quantitative estimate of drug-likeness (QED) is 0.310. The number of aldehydes is 1. The second-order valence-electron chi connectivity index (χ2n) is 9.85. The predicted molar refractivity (Wildman–Crippen MR) is 122 cm³/mol. The molecule has 29 heavy (non-hydrogen) atoms. The highest BCUT2D eigenvalue weighted by Crippen LogP contribution is 2.61. The van der Waals surface area contributed by atoms with Gasteiger partial charge in [-0.1, -0.05) is 31.6 Å². The number of allylic oxidation sites excluding steroid dienone is 2. The molecule has 2 saturated carbocycles. The van der Waals surface area contributed by atoms with E-state index in [1.165, 1.54) is 40.9 Å². The monoisotopic (exact) mass is 434 g/mol.